The Morgan fingerprint density at radius 3 is 2.75 bits per heavy atom. The second-order valence-corrected chi connectivity index (χ2v) is 4.27. The maximum Gasteiger partial charge on any atom is 0.328 e. The van der Waals surface area contributed by atoms with E-state index in [1.54, 1.807) is 0 Å². The Hall–Kier alpha value is -1.43. The maximum absolute atomic E-state index is 12.9. The Morgan fingerprint density at radius 2 is 2.12 bits per heavy atom. The monoisotopic (exact) mass is 228 g/mol. The summed E-state index contributed by atoms with van der Waals surface area (Å²) in [5.74, 6) is -0.369. The second-order valence-electron chi connectivity index (χ2n) is 4.27. The van der Waals surface area contributed by atoms with E-state index >= 15 is 0 Å². The molecule has 0 spiro atoms. The number of nitrogens with zero attached hydrogens (tertiary/aromatic N) is 1. The highest BCUT2D eigenvalue weighted by Crippen LogP contribution is 2.33. The molecule has 2 N–H and O–H groups in total. The van der Waals surface area contributed by atoms with E-state index in [9.17, 15) is 14.0 Å². The van der Waals surface area contributed by atoms with Crippen molar-refractivity contribution in [3.8, 4) is 0 Å². The summed E-state index contributed by atoms with van der Waals surface area (Å²) in [6.07, 6.45) is 2.61. The third-order valence-corrected chi connectivity index (χ3v) is 3.01. The first kappa shape index (κ1) is 11.1. The van der Waals surface area contributed by atoms with Crippen molar-refractivity contribution >= 4 is 0 Å². The van der Waals surface area contributed by atoms with E-state index in [0.29, 0.717) is 12.5 Å². The van der Waals surface area contributed by atoms with Crippen molar-refractivity contribution in [3.05, 3.63) is 32.9 Å². The van der Waals surface area contributed by atoms with Gasteiger partial charge in [-0.1, -0.05) is 0 Å². The van der Waals surface area contributed by atoms with E-state index in [0.717, 1.165) is 19.0 Å². The molecular weight excluding hydrogens is 215 g/mol. The van der Waals surface area contributed by atoms with Crippen LogP contribution in [0.4, 0.5) is 4.39 Å². The largest absolute Gasteiger partial charge is 0.396 e. The molecule has 1 saturated carbocycles. The van der Waals surface area contributed by atoms with Crippen LogP contribution in [0.15, 0.2) is 15.8 Å². The van der Waals surface area contributed by atoms with Gasteiger partial charge in [-0.15, -0.1) is 0 Å². The Morgan fingerprint density at radius 1 is 1.44 bits per heavy atom. The first-order chi connectivity index (χ1) is 7.60. The molecule has 6 heteroatoms. The molecule has 0 unspecified atom stereocenters. The molecule has 0 bridgehead atoms. The van der Waals surface area contributed by atoms with Crippen LogP contribution in [0.1, 0.15) is 12.8 Å². The minimum atomic E-state index is -0.983. The zero-order valence-corrected chi connectivity index (χ0v) is 8.65. The molecule has 0 radical (unpaired) electrons. The van der Waals surface area contributed by atoms with Gasteiger partial charge < -0.3 is 5.11 Å². The van der Waals surface area contributed by atoms with Crippen LogP contribution >= 0.6 is 0 Å². The zero-order chi connectivity index (χ0) is 11.7. The maximum atomic E-state index is 12.9. The molecule has 16 heavy (non-hydrogen) atoms. The summed E-state index contributed by atoms with van der Waals surface area (Å²) in [5, 5.41) is 8.83. The Balaban J connectivity index is 2.08. The van der Waals surface area contributed by atoms with E-state index in [1.807, 2.05) is 4.98 Å². The molecule has 1 aliphatic rings. The van der Waals surface area contributed by atoms with Crippen LogP contribution in [0, 0.1) is 17.7 Å². The smallest absolute Gasteiger partial charge is 0.328 e. The molecule has 2 rings (SSSR count). The number of H-pyrrole nitrogens is 1. The Kier molecular flexibility index (Phi) is 2.91. The van der Waals surface area contributed by atoms with E-state index < -0.39 is 17.1 Å². The zero-order valence-electron chi connectivity index (χ0n) is 8.65. The Bertz CT molecular complexity index is 488. The lowest BCUT2D eigenvalue weighted by atomic mass is 9.75. The standard InChI is InChI=1S/C10H13FN2O3/c11-8-4-13(10(16)12-9(8)15)3-6-1-7(2-6)5-14/h4,6-7,14H,1-3,5H2,(H,12,15,16). The quantitative estimate of drug-likeness (QED) is 0.745. The highest BCUT2D eigenvalue weighted by molar-refractivity contribution is 4.89. The molecular formula is C10H13FN2O3. The predicted molar refractivity (Wildman–Crippen MR) is 54.6 cm³/mol. The minimum Gasteiger partial charge on any atom is -0.396 e. The molecule has 5 nitrogen and oxygen atoms in total. The van der Waals surface area contributed by atoms with Crippen molar-refractivity contribution in [1.82, 2.24) is 9.55 Å². The number of aromatic nitrogens is 2. The predicted octanol–water partition coefficient (Wildman–Crippen LogP) is -0.306. The molecule has 1 aromatic heterocycles. The molecule has 1 aliphatic carbocycles. The van der Waals surface area contributed by atoms with Crippen molar-refractivity contribution in [2.75, 3.05) is 6.61 Å². The fourth-order valence-corrected chi connectivity index (χ4v) is 2.07. The third-order valence-electron chi connectivity index (χ3n) is 3.01. The average molecular weight is 228 g/mol. The molecule has 0 saturated heterocycles. The lowest BCUT2D eigenvalue weighted by Gasteiger charge is -2.34. The van der Waals surface area contributed by atoms with Crippen LogP contribution < -0.4 is 11.2 Å². The van der Waals surface area contributed by atoms with Gasteiger partial charge in [-0.2, -0.15) is 4.39 Å². The number of rotatable bonds is 3. The summed E-state index contributed by atoms with van der Waals surface area (Å²) >= 11 is 0. The summed E-state index contributed by atoms with van der Waals surface area (Å²) in [6.45, 7) is 0.550. The molecule has 0 aromatic carbocycles. The van der Waals surface area contributed by atoms with Crippen molar-refractivity contribution in [3.63, 3.8) is 0 Å². The summed E-state index contributed by atoms with van der Waals surface area (Å²) in [6, 6.07) is 0. The lowest BCUT2D eigenvalue weighted by molar-refractivity contribution is 0.0956. The van der Waals surface area contributed by atoms with E-state index in [2.05, 4.69) is 0 Å². The van der Waals surface area contributed by atoms with Crippen LogP contribution in [-0.4, -0.2) is 21.3 Å². The Labute approximate surface area is 90.5 Å². The highest BCUT2D eigenvalue weighted by atomic mass is 19.1. The van der Waals surface area contributed by atoms with Gasteiger partial charge in [0.1, 0.15) is 0 Å². The number of aliphatic hydroxyl groups excluding tert-OH is 1. The van der Waals surface area contributed by atoms with Gasteiger partial charge in [0.05, 0.1) is 6.20 Å². The lowest BCUT2D eigenvalue weighted by Crippen LogP contribution is -2.37. The fraction of sp³-hybridized carbons (Fsp3) is 0.600. The molecule has 1 heterocycles. The number of hydrogen-bond acceptors (Lipinski definition) is 3. The van der Waals surface area contributed by atoms with Gasteiger partial charge in [-0.05, 0) is 24.7 Å². The number of aliphatic hydroxyl groups is 1. The average Bonchev–Trinajstić information content (AvgIpc) is 2.18. The topological polar surface area (TPSA) is 75.1 Å². The molecule has 0 atom stereocenters. The van der Waals surface area contributed by atoms with Crippen molar-refractivity contribution in [2.24, 2.45) is 11.8 Å². The van der Waals surface area contributed by atoms with Gasteiger partial charge in [0, 0.05) is 13.2 Å². The van der Waals surface area contributed by atoms with Crippen molar-refractivity contribution in [2.45, 2.75) is 19.4 Å². The van der Waals surface area contributed by atoms with Crippen LogP contribution in [0.3, 0.4) is 0 Å². The van der Waals surface area contributed by atoms with Crippen LogP contribution in [0.5, 0.6) is 0 Å². The number of aromatic amines is 1. The minimum absolute atomic E-state index is 0.158. The molecule has 0 aliphatic heterocycles. The van der Waals surface area contributed by atoms with Crippen molar-refractivity contribution in [1.29, 1.82) is 0 Å². The molecule has 1 fully saturated rings. The van der Waals surface area contributed by atoms with Crippen LogP contribution in [0.25, 0.3) is 0 Å². The molecule has 1 aromatic rings. The van der Waals surface area contributed by atoms with E-state index in [4.69, 9.17) is 5.11 Å². The third kappa shape index (κ3) is 2.06. The number of nitrogens with one attached hydrogen (secondary N) is 1. The van der Waals surface area contributed by atoms with Crippen LogP contribution in [0.2, 0.25) is 0 Å². The summed E-state index contributed by atoms with van der Waals surface area (Å²) in [4.78, 5) is 24.0. The van der Waals surface area contributed by atoms with Crippen molar-refractivity contribution < 1.29 is 9.50 Å². The summed E-state index contributed by atoms with van der Waals surface area (Å²) in [7, 11) is 0. The molecule has 0 amide bonds. The molecule has 88 valence electrons. The summed E-state index contributed by atoms with van der Waals surface area (Å²) < 4.78 is 14.1. The van der Waals surface area contributed by atoms with Crippen LogP contribution in [-0.2, 0) is 6.54 Å². The number of halogens is 1. The fourth-order valence-electron chi connectivity index (χ4n) is 2.07. The first-order valence-corrected chi connectivity index (χ1v) is 5.20. The number of hydrogen-bond donors (Lipinski definition) is 2. The van der Waals surface area contributed by atoms with Gasteiger partial charge in [-0.25, -0.2) is 4.79 Å². The first-order valence-electron chi connectivity index (χ1n) is 5.20. The summed E-state index contributed by atoms with van der Waals surface area (Å²) in [5.41, 5.74) is -1.57. The van der Waals surface area contributed by atoms with Gasteiger partial charge in [0.2, 0.25) is 5.82 Å². The van der Waals surface area contributed by atoms with Gasteiger partial charge in [0.25, 0.3) is 5.56 Å². The SMILES string of the molecule is O=c1[nH]c(=O)n(CC2CC(CO)C2)cc1F. The normalized spacial score (nSPS) is 24.1. The van der Waals surface area contributed by atoms with E-state index in [1.165, 1.54) is 4.57 Å². The van der Waals surface area contributed by atoms with E-state index in [-0.39, 0.29) is 12.5 Å². The highest BCUT2D eigenvalue weighted by Gasteiger charge is 2.28. The second kappa shape index (κ2) is 4.21. The van der Waals surface area contributed by atoms with Gasteiger partial charge in [-0.3, -0.25) is 14.3 Å². The van der Waals surface area contributed by atoms with Gasteiger partial charge in [0.15, 0.2) is 0 Å². The van der Waals surface area contributed by atoms with Gasteiger partial charge >= 0.3 is 5.69 Å².